The second-order valence-corrected chi connectivity index (χ2v) is 4.53. The molecule has 98 valence electrons. The number of nitrogen functional groups attached to an aromatic ring is 1. The van der Waals surface area contributed by atoms with Crippen LogP contribution < -0.4 is 5.73 Å². The molecule has 0 radical (unpaired) electrons. The molecular formula is C13H12ClN3O2. The number of carbonyl (C=O) groups is 1. The van der Waals surface area contributed by atoms with Gasteiger partial charge in [0.15, 0.2) is 0 Å². The normalized spacial score (nSPS) is 10.4. The summed E-state index contributed by atoms with van der Waals surface area (Å²) in [5.74, 6) is -0.663. The van der Waals surface area contributed by atoms with Gasteiger partial charge >= 0.3 is 5.97 Å². The fourth-order valence-electron chi connectivity index (χ4n) is 1.83. The second kappa shape index (κ2) is 5.24. The van der Waals surface area contributed by atoms with Crippen LogP contribution in [0.1, 0.15) is 27.4 Å². The van der Waals surface area contributed by atoms with E-state index < -0.39 is 5.97 Å². The number of carboxylic acid groups (broad SMARTS) is 1. The van der Waals surface area contributed by atoms with Crippen LogP contribution in [-0.2, 0) is 6.42 Å². The van der Waals surface area contributed by atoms with Gasteiger partial charge in [0.25, 0.3) is 0 Å². The zero-order valence-electron chi connectivity index (χ0n) is 10.2. The smallest absolute Gasteiger partial charge is 0.341 e. The SMILES string of the molecule is Cc1nc(Cc2cccc(Cl)c2)nc(N)c1C(=O)O. The maximum Gasteiger partial charge on any atom is 0.341 e. The summed E-state index contributed by atoms with van der Waals surface area (Å²) in [6, 6.07) is 7.31. The summed E-state index contributed by atoms with van der Waals surface area (Å²) in [5.41, 5.74) is 6.90. The molecule has 1 aromatic carbocycles. The third kappa shape index (κ3) is 3.00. The molecule has 0 saturated heterocycles. The fourth-order valence-corrected chi connectivity index (χ4v) is 2.04. The van der Waals surface area contributed by atoms with Gasteiger partial charge < -0.3 is 10.8 Å². The first-order valence-electron chi connectivity index (χ1n) is 5.58. The number of anilines is 1. The van der Waals surface area contributed by atoms with Gasteiger partial charge in [0.2, 0.25) is 0 Å². The summed E-state index contributed by atoms with van der Waals surface area (Å²) >= 11 is 5.90. The molecular weight excluding hydrogens is 266 g/mol. The first kappa shape index (κ1) is 13.3. The number of halogens is 1. The summed E-state index contributed by atoms with van der Waals surface area (Å²) in [6.07, 6.45) is 0.450. The monoisotopic (exact) mass is 277 g/mol. The van der Waals surface area contributed by atoms with E-state index in [9.17, 15) is 4.79 Å². The van der Waals surface area contributed by atoms with Crippen molar-refractivity contribution in [3.63, 3.8) is 0 Å². The molecule has 2 rings (SSSR count). The van der Waals surface area contributed by atoms with Crippen LogP contribution in [0.15, 0.2) is 24.3 Å². The highest BCUT2D eigenvalue weighted by atomic mass is 35.5. The predicted molar refractivity (Wildman–Crippen MR) is 72.4 cm³/mol. The lowest BCUT2D eigenvalue weighted by atomic mass is 10.1. The maximum atomic E-state index is 11.0. The van der Waals surface area contributed by atoms with Gasteiger partial charge in [-0.1, -0.05) is 23.7 Å². The van der Waals surface area contributed by atoms with Gasteiger partial charge in [0, 0.05) is 11.4 Å². The van der Waals surface area contributed by atoms with E-state index in [1.54, 1.807) is 13.0 Å². The third-order valence-electron chi connectivity index (χ3n) is 2.63. The van der Waals surface area contributed by atoms with E-state index in [1.165, 1.54) is 0 Å². The number of hydrogen-bond donors (Lipinski definition) is 2. The van der Waals surface area contributed by atoms with E-state index in [4.69, 9.17) is 22.4 Å². The predicted octanol–water partition coefficient (Wildman–Crippen LogP) is 2.31. The van der Waals surface area contributed by atoms with Crippen molar-refractivity contribution in [2.75, 3.05) is 5.73 Å². The Morgan fingerprint density at radius 1 is 1.42 bits per heavy atom. The first-order valence-corrected chi connectivity index (χ1v) is 5.96. The minimum Gasteiger partial charge on any atom is -0.477 e. The molecule has 0 spiro atoms. The van der Waals surface area contributed by atoms with Crippen LogP contribution in [-0.4, -0.2) is 21.0 Å². The van der Waals surface area contributed by atoms with E-state index in [1.807, 2.05) is 18.2 Å². The van der Waals surface area contributed by atoms with E-state index in [2.05, 4.69) is 9.97 Å². The molecule has 0 unspecified atom stereocenters. The number of carboxylic acids is 1. The molecule has 1 aromatic heterocycles. The molecule has 0 saturated carbocycles. The molecule has 1 heterocycles. The van der Waals surface area contributed by atoms with Crippen LogP contribution in [0.25, 0.3) is 0 Å². The van der Waals surface area contributed by atoms with Crippen molar-refractivity contribution in [2.24, 2.45) is 0 Å². The van der Waals surface area contributed by atoms with Gasteiger partial charge in [0.05, 0.1) is 5.69 Å². The van der Waals surface area contributed by atoms with Gasteiger partial charge in [-0.25, -0.2) is 14.8 Å². The largest absolute Gasteiger partial charge is 0.477 e. The minimum atomic E-state index is -1.12. The Kier molecular flexibility index (Phi) is 3.66. The summed E-state index contributed by atoms with van der Waals surface area (Å²) < 4.78 is 0. The lowest BCUT2D eigenvalue weighted by molar-refractivity contribution is 0.0696. The van der Waals surface area contributed by atoms with Gasteiger partial charge in [-0.05, 0) is 24.6 Å². The van der Waals surface area contributed by atoms with Crippen molar-refractivity contribution in [1.29, 1.82) is 0 Å². The highest BCUT2D eigenvalue weighted by Crippen LogP contribution is 2.17. The Morgan fingerprint density at radius 3 is 2.74 bits per heavy atom. The third-order valence-corrected chi connectivity index (χ3v) is 2.86. The molecule has 0 aliphatic heterocycles. The quantitative estimate of drug-likeness (QED) is 0.898. The Balaban J connectivity index is 2.35. The number of rotatable bonds is 3. The lowest BCUT2D eigenvalue weighted by Crippen LogP contribution is -2.12. The van der Waals surface area contributed by atoms with Crippen LogP contribution in [0.2, 0.25) is 5.02 Å². The number of aromatic nitrogens is 2. The molecule has 3 N–H and O–H groups in total. The maximum absolute atomic E-state index is 11.0. The van der Waals surface area contributed by atoms with Crippen molar-refractivity contribution in [3.8, 4) is 0 Å². The summed E-state index contributed by atoms with van der Waals surface area (Å²) in [5, 5.41) is 9.62. The van der Waals surface area contributed by atoms with Crippen molar-refractivity contribution >= 4 is 23.4 Å². The molecule has 19 heavy (non-hydrogen) atoms. The number of aromatic carboxylic acids is 1. The number of benzene rings is 1. The Morgan fingerprint density at radius 2 is 2.16 bits per heavy atom. The minimum absolute atomic E-state index is 0.0166. The van der Waals surface area contributed by atoms with Gasteiger partial charge in [-0.2, -0.15) is 0 Å². The molecule has 0 amide bonds. The summed E-state index contributed by atoms with van der Waals surface area (Å²) in [4.78, 5) is 19.2. The van der Waals surface area contributed by atoms with Crippen molar-refractivity contribution in [1.82, 2.24) is 9.97 Å². The topological polar surface area (TPSA) is 89.1 Å². The highest BCUT2D eigenvalue weighted by Gasteiger charge is 2.15. The van der Waals surface area contributed by atoms with Crippen molar-refractivity contribution in [3.05, 3.63) is 51.9 Å². The number of nitrogens with zero attached hydrogens (tertiary/aromatic N) is 2. The van der Waals surface area contributed by atoms with Gasteiger partial charge in [0.1, 0.15) is 17.2 Å². The van der Waals surface area contributed by atoms with Crippen LogP contribution in [0, 0.1) is 6.92 Å². The number of nitrogens with two attached hydrogens (primary N) is 1. The Hall–Kier alpha value is -2.14. The molecule has 6 heteroatoms. The lowest BCUT2D eigenvalue weighted by Gasteiger charge is -2.07. The van der Waals surface area contributed by atoms with E-state index in [-0.39, 0.29) is 11.4 Å². The number of hydrogen-bond acceptors (Lipinski definition) is 4. The molecule has 2 aromatic rings. The fraction of sp³-hybridized carbons (Fsp3) is 0.154. The average Bonchev–Trinajstić information content (AvgIpc) is 2.27. The van der Waals surface area contributed by atoms with Crippen LogP contribution >= 0.6 is 11.6 Å². The molecule has 0 aliphatic carbocycles. The van der Waals surface area contributed by atoms with Gasteiger partial charge in [-0.15, -0.1) is 0 Å². The van der Waals surface area contributed by atoms with Crippen LogP contribution in [0.5, 0.6) is 0 Å². The van der Waals surface area contributed by atoms with Crippen molar-refractivity contribution in [2.45, 2.75) is 13.3 Å². The first-order chi connectivity index (χ1) is 8.97. The zero-order chi connectivity index (χ0) is 14.0. The molecule has 0 fully saturated rings. The summed E-state index contributed by atoms with van der Waals surface area (Å²) in [6.45, 7) is 1.60. The molecule has 0 aliphatic rings. The zero-order valence-corrected chi connectivity index (χ0v) is 11.0. The average molecular weight is 278 g/mol. The Bertz CT molecular complexity index is 621. The van der Waals surface area contributed by atoms with Crippen LogP contribution in [0.3, 0.4) is 0 Å². The standard InChI is InChI=1S/C13H12ClN3O2/c1-7-11(13(18)19)12(15)17-10(16-7)6-8-3-2-4-9(14)5-8/h2-5H,6H2,1H3,(H,18,19)(H2,15,16,17). The number of aryl methyl sites for hydroxylation is 1. The van der Waals surface area contributed by atoms with E-state index in [0.717, 1.165) is 5.56 Å². The van der Waals surface area contributed by atoms with Gasteiger partial charge in [-0.3, -0.25) is 0 Å². The Labute approximate surface area is 115 Å². The molecule has 0 atom stereocenters. The molecule has 0 bridgehead atoms. The van der Waals surface area contributed by atoms with E-state index >= 15 is 0 Å². The van der Waals surface area contributed by atoms with E-state index in [0.29, 0.717) is 23.0 Å². The highest BCUT2D eigenvalue weighted by molar-refractivity contribution is 6.30. The summed E-state index contributed by atoms with van der Waals surface area (Å²) in [7, 11) is 0. The molecule has 5 nitrogen and oxygen atoms in total. The van der Waals surface area contributed by atoms with Crippen LogP contribution in [0.4, 0.5) is 5.82 Å². The second-order valence-electron chi connectivity index (χ2n) is 4.10. The van der Waals surface area contributed by atoms with Crippen molar-refractivity contribution < 1.29 is 9.90 Å².